The molecule has 0 fully saturated rings. The summed E-state index contributed by atoms with van der Waals surface area (Å²) in [4.78, 5) is 9.43. The van der Waals surface area contributed by atoms with E-state index in [-0.39, 0.29) is 37.3 Å². The first kappa shape index (κ1) is 43.0. The van der Waals surface area contributed by atoms with Crippen molar-refractivity contribution in [2.45, 2.75) is 85.5 Å². The van der Waals surface area contributed by atoms with Gasteiger partial charge in [0, 0.05) is 70.0 Å². The molecule has 0 amide bonds. The molecule has 6 aromatic carbocycles. The molecule has 0 saturated heterocycles. The van der Waals surface area contributed by atoms with E-state index in [0.717, 1.165) is 61.5 Å². The van der Waals surface area contributed by atoms with Gasteiger partial charge in [0.15, 0.2) is 5.88 Å². The summed E-state index contributed by atoms with van der Waals surface area (Å²) in [6.07, 6.45) is 1.93. The quantitative estimate of drug-likeness (QED) is 0.161. The van der Waals surface area contributed by atoms with Crippen LogP contribution in [0.3, 0.4) is 0 Å². The van der Waals surface area contributed by atoms with Crippen LogP contribution >= 0.6 is 11.3 Å². The van der Waals surface area contributed by atoms with Crippen LogP contribution in [0.1, 0.15) is 84.6 Å². The summed E-state index contributed by atoms with van der Waals surface area (Å²) in [7, 11) is 0. The summed E-state index contributed by atoms with van der Waals surface area (Å²) in [6.45, 7) is 24.9. The third kappa shape index (κ3) is 7.14. The van der Waals surface area contributed by atoms with E-state index in [4.69, 9.17) is 14.1 Å². The van der Waals surface area contributed by atoms with Crippen molar-refractivity contribution in [1.82, 2.24) is 9.55 Å². The standard InChI is InChI=1S/C57H51N4O2S.Pt/c1-34-28-36(56(5,6)7)29-44(57(8,9)10)51(34)60-33-59(54-53(60)42-18-11-13-20-46(42)63-54)37-16-15-17-38(31-37)62-39-22-23-40-41-24-25-48-50(43-19-12-14-21-47(43)64-48)52(41)61(45(40)32-39)49-30-35(26-27-58-49)55(2,3)4;/h11-30,33H,1-10H3;/q-3;. The molecule has 0 spiro atoms. The number of pyridine rings is 1. The molecule has 0 aliphatic carbocycles. The van der Waals surface area contributed by atoms with E-state index in [0.29, 0.717) is 11.5 Å². The number of hydrogen-bond donors (Lipinski definition) is 0. The first-order chi connectivity index (χ1) is 30.5. The Kier molecular flexibility index (Phi) is 10.2. The van der Waals surface area contributed by atoms with Gasteiger partial charge in [-0.05, 0) is 87.2 Å². The maximum atomic E-state index is 6.75. The molecule has 0 atom stereocenters. The molecule has 8 heteroatoms. The molecule has 1 aliphatic heterocycles. The molecular formula is C57H51N4O2PtS-3. The topological polar surface area (TPSA) is 46.7 Å². The van der Waals surface area contributed by atoms with Gasteiger partial charge in [-0.25, -0.2) is 4.98 Å². The Balaban J connectivity index is 0.00000498. The third-order valence-corrected chi connectivity index (χ3v) is 13.8. The first-order valence-corrected chi connectivity index (χ1v) is 22.9. The van der Waals surface area contributed by atoms with Crippen LogP contribution in [-0.4, -0.2) is 9.55 Å². The van der Waals surface area contributed by atoms with Crippen molar-refractivity contribution in [2.75, 3.05) is 9.80 Å². The van der Waals surface area contributed by atoms with Crippen molar-refractivity contribution in [3.05, 3.63) is 163 Å². The molecule has 330 valence electrons. The summed E-state index contributed by atoms with van der Waals surface area (Å²) in [6, 6.07) is 48.1. The fourth-order valence-corrected chi connectivity index (χ4v) is 10.5. The molecule has 10 aromatic rings. The monoisotopic (exact) mass is 1050 g/mol. The second-order valence-corrected chi connectivity index (χ2v) is 21.4. The molecule has 1 aliphatic rings. The minimum atomic E-state index is -0.125. The second kappa shape index (κ2) is 15.4. The maximum Gasteiger partial charge on any atom is 0.193 e. The van der Waals surface area contributed by atoms with E-state index in [1.807, 2.05) is 47.9 Å². The summed E-state index contributed by atoms with van der Waals surface area (Å²) in [5.74, 6) is 2.75. The van der Waals surface area contributed by atoms with Crippen LogP contribution in [0.15, 0.2) is 126 Å². The number of aryl methyl sites for hydroxylation is 1. The molecule has 65 heavy (non-hydrogen) atoms. The summed E-state index contributed by atoms with van der Waals surface area (Å²) in [5.41, 5.74) is 10.7. The number of nitrogens with zero attached hydrogens (tertiary/aromatic N) is 4. The number of fused-ring (bicyclic) bond motifs is 10. The van der Waals surface area contributed by atoms with E-state index in [1.54, 1.807) is 0 Å². The zero-order chi connectivity index (χ0) is 44.4. The predicted molar refractivity (Wildman–Crippen MR) is 268 cm³/mol. The van der Waals surface area contributed by atoms with Gasteiger partial charge in [0.05, 0.1) is 11.2 Å². The molecule has 0 saturated carbocycles. The Morgan fingerprint density at radius 2 is 1.35 bits per heavy atom. The van der Waals surface area contributed by atoms with E-state index in [2.05, 4.69) is 187 Å². The zero-order valence-electron chi connectivity index (χ0n) is 38.5. The number of ether oxygens (including phenoxy) is 1. The number of hydrogen-bond acceptors (Lipinski definition) is 6. The normalized spacial score (nSPS) is 13.4. The molecule has 0 radical (unpaired) electrons. The van der Waals surface area contributed by atoms with Gasteiger partial charge in [0.25, 0.3) is 0 Å². The summed E-state index contributed by atoms with van der Waals surface area (Å²) in [5, 5.41) is 5.76. The Hall–Kier alpha value is -5.88. The van der Waals surface area contributed by atoms with Crippen LogP contribution in [-0.2, 0) is 37.3 Å². The third-order valence-electron chi connectivity index (χ3n) is 12.7. The maximum absolute atomic E-state index is 6.75. The number of rotatable bonds is 5. The molecule has 0 unspecified atom stereocenters. The number of aromatic nitrogens is 2. The predicted octanol–water partition coefficient (Wildman–Crippen LogP) is 16.3. The Labute approximate surface area is 399 Å². The van der Waals surface area contributed by atoms with Crippen LogP contribution in [0.2, 0.25) is 0 Å². The Morgan fingerprint density at radius 3 is 2.12 bits per heavy atom. The number of para-hydroxylation sites is 1. The van der Waals surface area contributed by atoms with Gasteiger partial charge in [-0.1, -0.05) is 122 Å². The van der Waals surface area contributed by atoms with Crippen LogP contribution < -0.4 is 14.5 Å². The molecule has 0 bridgehead atoms. The molecule has 11 rings (SSSR count). The van der Waals surface area contributed by atoms with Crippen molar-refractivity contribution in [2.24, 2.45) is 0 Å². The largest absolute Gasteiger partial charge is 0.509 e. The van der Waals surface area contributed by atoms with Gasteiger partial charge in [-0.3, -0.25) is 0 Å². The fraction of sp³-hybridized carbons (Fsp3) is 0.228. The second-order valence-electron chi connectivity index (χ2n) is 20.3. The van der Waals surface area contributed by atoms with Gasteiger partial charge in [0.2, 0.25) is 0 Å². The Morgan fingerprint density at radius 1 is 0.631 bits per heavy atom. The van der Waals surface area contributed by atoms with E-state index >= 15 is 0 Å². The van der Waals surface area contributed by atoms with Crippen LogP contribution in [0.25, 0.3) is 58.8 Å². The molecule has 6 nitrogen and oxygen atoms in total. The van der Waals surface area contributed by atoms with E-state index in [9.17, 15) is 0 Å². The summed E-state index contributed by atoms with van der Waals surface area (Å²) >= 11 is 1.82. The van der Waals surface area contributed by atoms with Gasteiger partial charge in [-0.15, -0.1) is 53.7 Å². The number of furan rings is 1. The average Bonchev–Trinajstić information content (AvgIpc) is 4.01. The summed E-state index contributed by atoms with van der Waals surface area (Å²) < 4.78 is 18.3. The van der Waals surface area contributed by atoms with Crippen molar-refractivity contribution >= 4 is 87.2 Å². The van der Waals surface area contributed by atoms with Gasteiger partial charge < -0.3 is 23.5 Å². The molecular weight excluding hydrogens is 1000 g/mol. The minimum Gasteiger partial charge on any atom is -0.509 e. The number of benzene rings is 6. The molecule has 0 N–H and O–H groups in total. The SMILES string of the molecule is Cc1cc(C(C)(C)C)cc(C(C)(C)C)c1N1[CH-]N(c2[c-]c(Oc3[c-]c4c(cc3)c3ccc5sc6ccccc6c5c3n4-c3cc(C(C)(C)C)ccn3)ccc2)c2oc3ccccc3c21.[Pt]. The van der Waals surface area contributed by atoms with Crippen molar-refractivity contribution in [3.8, 4) is 17.3 Å². The van der Waals surface area contributed by atoms with Gasteiger partial charge >= 0.3 is 0 Å². The Bertz CT molecular complexity index is 3500. The minimum absolute atomic E-state index is 0. The van der Waals surface area contributed by atoms with Crippen LogP contribution in [0, 0.1) is 25.7 Å². The van der Waals surface area contributed by atoms with Crippen molar-refractivity contribution in [1.29, 1.82) is 0 Å². The smallest absolute Gasteiger partial charge is 0.193 e. The van der Waals surface area contributed by atoms with Gasteiger partial charge in [0.1, 0.15) is 11.4 Å². The average molecular weight is 1050 g/mol. The van der Waals surface area contributed by atoms with E-state index in [1.165, 1.54) is 42.4 Å². The van der Waals surface area contributed by atoms with Crippen LogP contribution in [0.4, 0.5) is 22.9 Å². The zero-order valence-corrected chi connectivity index (χ0v) is 41.5. The molecule has 4 aromatic heterocycles. The van der Waals surface area contributed by atoms with Crippen LogP contribution in [0.5, 0.6) is 11.5 Å². The van der Waals surface area contributed by atoms with Gasteiger partial charge in [-0.2, -0.15) is 12.1 Å². The molecule has 5 heterocycles. The fourth-order valence-electron chi connectivity index (χ4n) is 9.35. The first-order valence-electron chi connectivity index (χ1n) is 22.1. The van der Waals surface area contributed by atoms with Crippen molar-refractivity contribution in [3.63, 3.8) is 0 Å². The van der Waals surface area contributed by atoms with E-state index < -0.39 is 0 Å². The van der Waals surface area contributed by atoms with Crippen molar-refractivity contribution < 1.29 is 30.2 Å². The number of thiophene rings is 1. The number of anilines is 4.